The third-order valence-electron chi connectivity index (χ3n) is 2.15. The second-order valence-electron chi connectivity index (χ2n) is 3.38. The molecule has 0 fully saturated rings. The number of nitrogens with two attached hydrogens (primary N) is 1. The van der Waals surface area contributed by atoms with Gasteiger partial charge in [-0.25, -0.2) is 9.18 Å². The third kappa shape index (κ3) is 2.97. The molecular formula is C11H12F3NO2. The Labute approximate surface area is 96.4 Å². The van der Waals surface area contributed by atoms with Crippen LogP contribution in [0, 0.1) is 5.82 Å². The number of esters is 1. The number of hydrogen-bond donors (Lipinski definition) is 1. The summed E-state index contributed by atoms with van der Waals surface area (Å²) >= 11 is 0. The number of hydrogen-bond acceptors (Lipinski definition) is 3. The molecule has 0 saturated heterocycles. The molecular weight excluding hydrogens is 235 g/mol. The highest BCUT2D eigenvalue weighted by Gasteiger charge is 2.47. The summed E-state index contributed by atoms with van der Waals surface area (Å²) in [5.41, 5.74) is 5.09. The second kappa shape index (κ2) is 5.18. The van der Waals surface area contributed by atoms with Crippen molar-refractivity contribution in [3.8, 4) is 0 Å². The topological polar surface area (TPSA) is 52.3 Å². The molecule has 1 rings (SSSR count). The quantitative estimate of drug-likeness (QED) is 0.828. The summed E-state index contributed by atoms with van der Waals surface area (Å²) in [5, 5.41) is 0. The molecule has 0 amide bonds. The van der Waals surface area contributed by atoms with Gasteiger partial charge < -0.3 is 10.5 Å². The molecule has 94 valence electrons. The predicted molar refractivity (Wildman–Crippen MR) is 54.9 cm³/mol. The van der Waals surface area contributed by atoms with Crippen molar-refractivity contribution in [3.05, 3.63) is 35.6 Å². The number of rotatable bonds is 4. The van der Waals surface area contributed by atoms with Crippen LogP contribution in [-0.2, 0) is 9.53 Å². The van der Waals surface area contributed by atoms with Gasteiger partial charge in [0.15, 0.2) is 0 Å². The molecule has 0 spiro atoms. The lowest BCUT2D eigenvalue weighted by Gasteiger charge is -2.21. The van der Waals surface area contributed by atoms with Crippen LogP contribution in [0.1, 0.15) is 18.5 Å². The average Bonchev–Trinajstić information content (AvgIpc) is 2.28. The van der Waals surface area contributed by atoms with Crippen molar-refractivity contribution in [1.82, 2.24) is 0 Å². The summed E-state index contributed by atoms with van der Waals surface area (Å²) in [6.45, 7) is 1.23. The molecule has 1 aromatic rings. The van der Waals surface area contributed by atoms with Crippen LogP contribution in [0.15, 0.2) is 24.3 Å². The molecule has 17 heavy (non-hydrogen) atoms. The monoisotopic (exact) mass is 247 g/mol. The van der Waals surface area contributed by atoms with Crippen LogP contribution in [0.3, 0.4) is 0 Å². The minimum Gasteiger partial charge on any atom is -0.462 e. The molecule has 1 aromatic carbocycles. The van der Waals surface area contributed by atoms with Gasteiger partial charge in [0.2, 0.25) is 0 Å². The summed E-state index contributed by atoms with van der Waals surface area (Å²) in [7, 11) is 0. The van der Waals surface area contributed by atoms with E-state index in [1.165, 1.54) is 19.1 Å². The fraction of sp³-hybridized carbons (Fsp3) is 0.364. The Morgan fingerprint density at radius 1 is 1.53 bits per heavy atom. The molecule has 3 nitrogen and oxygen atoms in total. The number of halogens is 3. The van der Waals surface area contributed by atoms with Gasteiger partial charge in [-0.3, -0.25) is 0 Å². The van der Waals surface area contributed by atoms with Crippen LogP contribution in [0.2, 0.25) is 0 Å². The van der Waals surface area contributed by atoms with Crippen LogP contribution in [0.5, 0.6) is 0 Å². The highest BCUT2D eigenvalue weighted by Crippen LogP contribution is 2.30. The molecule has 0 unspecified atom stereocenters. The fourth-order valence-electron chi connectivity index (χ4n) is 1.26. The first kappa shape index (κ1) is 13.5. The van der Waals surface area contributed by atoms with Crippen molar-refractivity contribution in [1.29, 1.82) is 0 Å². The van der Waals surface area contributed by atoms with Crippen molar-refractivity contribution >= 4 is 5.97 Å². The van der Waals surface area contributed by atoms with Crippen molar-refractivity contribution in [3.63, 3.8) is 0 Å². The van der Waals surface area contributed by atoms with E-state index in [-0.39, 0.29) is 12.2 Å². The number of alkyl halides is 2. The van der Waals surface area contributed by atoms with Crippen LogP contribution < -0.4 is 5.73 Å². The predicted octanol–water partition coefficient (Wildman–Crippen LogP) is 2.02. The number of benzene rings is 1. The highest BCUT2D eigenvalue weighted by atomic mass is 19.3. The molecule has 0 heterocycles. The van der Waals surface area contributed by atoms with Crippen LogP contribution in [-0.4, -0.2) is 18.5 Å². The first-order chi connectivity index (χ1) is 7.89. The van der Waals surface area contributed by atoms with E-state index < -0.39 is 23.8 Å². The lowest BCUT2D eigenvalue weighted by molar-refractivity contribution is -0.174. The maximum Gasteiger partial charge on any atom is 0.379 e. The summed E-state index contributed by atoms with van der Waals surface area (Å²) in [6.07, 6.45) is 0. The highest BCUT2D eigenvalue weighted by molar-refractivity contribution is 5.78. The molecule has 0 bridgehead atoms. The molecule has 1 atom stereocenters. The first-order valence-corrected chi connectivity index (χ1v) is 4.95. The summed E-state index contributed by atoms with van der Waals surface area (Å²) < 4.78 is 44.1. The van der Waals surface area contributed by atoms with Gasteiger partial charge in [-0.15, -0.1) is 0 Å². The van der Waals surface area contributed by atoms with Gasteiger partial charge in [-0.1, -0.05) is 12.1 Å². The smallest absolute Gasteiger partial charge is 0.379 e. The Kier molecular flexibility index (Phi) is 4.11. The third-order valence-corrected chi connectivity index (χ3v) is 2.15. The summed E-state index contributed by atoms with van der Waals surface area (Å²) in [4.78, 5) is 11.0. The van der Waals surface area contributed by atoms with Crippen molar-refractivity contribution in [2.24, 2.45) is 5.73 Å². The van der Waals surface area contributed by atoms with Crippen molar-refractivity contribution in [2.75, 3.05) is 6.61 Å². The minimum atomic E-state index is -3.89. The summed E-state index contributed by atoms with van der Waals surface area (Å²) in [6, 6.07) is 2.49. The van der Waals surface area contributed by atoms with Crippen LogP contribution >= 0.6 is 0 Å². The Morgan fingerprint density at radius 2 is 2.18 bits per heavy atom. The molecule has 0 aliphatic carbocycles. The van der Waals surface area contributed by atoms with Gasteiger partial charge >= 0.3 is 11.9 Å². The Morgan fingerprint density at radius 3 is 2.71 bits per heavy atom. The Balaban J connectivity index is 2.95. The van der Waals surface area contributed by atoms with Crippen molar-refractivity contribution in [2.45, 2.75) is 18.9 Å². The average molecular weight is 247 g/mol. The van der Waals surface area contributed by atoms with E-state index in [1.807, 2.05) is 0 Å². The Hall–Kier alpha value is -1.56. The molecule has 0 aromatic heterocycles. The van der Waals surface area contributed by atoms with E-state index in [0.29, 0.717) is 0 Å². The molecule has 0 aliphatic heterocycles. The molecule has 2 N–H and O–H groups in total. The lowest BCUT2D eigenvalue weighted by atomic mass is 10.0. The Bertz CT molecular complexity index is 409. The standard InChI is InChI=1S/C11H12F3NO2/c1-2-17-10(16)11(13,14)9(15)7-4-3-5-8(12)6-7/h3-6,9H,2,15H2,1H3/t9-/m0/s1. The molecule has 0 radical (unpaired) electrons. The maximum atomic E-state index is 13.5. The SMILES string of the molecule is CCOC(=O)C(F)(F)[C@@H](N)c1cccc(F)c1. The van der Waals surface area contributed by atoms with Gasteiger partial charge in [-0.2, -0.15) is 8.78 Å². The van der Waals surface area contributed by atoms with Crippen molar-refractivity contribution < 1.29 is 22.7 Å². The van der Waals surface area contributed by atoms with E-state index in [2.05, 4.69) is 4.74 Å². The normalized spacial score (nSPS) is 13.2. The van der Waals surface area contributed by atoms with E-state index >= 15 is 0 Å². The largest absolute Gasteiger partial charge is 0.462 e. The fourth-order valence-corrected chi connectivity index (χ4v) is 1.26. The number of ether oxygens (including phenoxy) is 1. The summed E-state index contributed by atoms with van der Waals surface area (Å²) in [5.74, 6) is -6.29. The van der Waals surface area contributed by atoms with Crippen LogP contribution in [0.4, 0.5) is 13.2 Å². The molecule has 0 aliphatic rings. The van der Waals surface area contributed by atoms with E-state index in [0.717, 1.165) is 12.1 Å². The van der Waals surface area contributed by atoms with Crippen LogP contribution in [0.25, 0.3) is 0 Å². The van der Waals surface area contributed by atoms with Gasteiger partial charge in [0.05, 0.1) is 6.61 Å². The van der Waals surface area contributed by atoms with E-state index in [9.17, 15) is 18.0 Å². The van der Waals surface area contributed by atoms with E-state index in [4.69, 9.17) is 5.73 Å². The van der Waals surface area contributed by atoms with Gasteiger partial charge in [0.25, 0.3) is 0 Å². The zero-order chi connectivity index (χ0) is 13.1. The zero-order valence-corrected chi connectivity index (χ0v) is 9.12. The van der Waals surface area contributed by atoms with E-state index in [1.54, 1.807) is 0 Å². The molecule has 0 saturated carbocycles. The van der Waals surface area contributed by atoms with Gasteiger partial charge in [0, 0.05) is 0 Å². The first-order valence-electron chi connectivity index (χ1n) is 4.95. The second-order valence-corrected chi connectivity index (χ2v) is 3.38. The van der Waals surface area contributed by atoms with Gasteiger partial charge in [0.1, 0.15) is 11.9 Å². The van der Waals surface area contributed by atoms with Gasteiger partial charge in [-0.05, 0) is 24.6 Å². The lowest BCUT2D eigenvalue weighted by Crippen LogP contribution is -2.41. The maximum absolute atomic E-state index is 13.5. The number of carbonyl (C=O) groups is 1. The minimum absolute atomic E-state index is 0.164. The molecule has 6 heteroatoms. The zero-order valence-electron chi connectivity index (χ0n) is 9.12. The number of carbonyl (C=O) groups excluding carboxylic acids is 1.